The molecule has 1 fully saturated rings. The second-order valence-electron chi connectivity index (χ2n) is 5.56. The summed E-state index contributed by atoms with van der Waals surface area (Å²) in [6.45, 7) is 4.31. The highest BCUT2D eigenvalue weighted by molar-refractivity contribution is 8.00. The summed E-state index contributed by atoms with van der Waals surface area (Å²) >= 11 is 3.54. The first-order valence-corrected chi connectivity index (χ1v) is 9.61. The quantitative estimate of drug-likeness (QED) is 0.333. The van der Waals surface area contributed by atoms with E-state index in [-0.39, 0.29) is 0 Å². The number of aliphatic imine (C=N–C) groups is 1. The Morgan fingerprint density at radius 2 is 2.33 bits per heavy atom. The topological polar surface area (TPSA) is 49.3 Å². The maximum atomic E-state index is 4.31. The van der Waals surface area contributed by atoms with Crippen LogP contribution in [0.5, 0.6) is 0 Å². The van der Waals surface area contributed by atoms with Gasteiger partial charge in [-0.25, -0.2) is 4.98 Å². The molecule has 0 radical (unpaired) electrons. The van der Waals surface area contributed by atoms with Crippen LogP contribution in [0, 0.1) is 5.41 Å². The molecular formula is C15H26N4S2. The second-order valence-corrected chi connectivity index (χ2v) is 7.80. The lowest BCUT2D eigenvalue weighted by Crippen LogP contribution is -2.46. The van der Waals surface area contributed by atoms with E-state index in [1.165, 1.54) is 25.7 Å². The van der Waals surface area contributed by atoms with E-state index >= 15 is 0 Å². The third-order valence-electron chi connectivity index (χ3n) is 4.27. The Morgan fingerprint density at radius 3 is 2.90 bits per heavy atom. The number of nitrogens with zero attached hydrogens (tertiary/aromatic N) is 2. The van der Waals surface area contributed by atoms with E-state index in [0.717, 1.165) is 35.6 Å². The molecule has 0 atom stereocenters. The van der Waals surface area contributed by atoms with Gasteiger partial charge >= 0.3 is 0 Å². The first-order chi connectivity index (χ1) is 10.3. The van der Waals surface area contributed by atoms with Gasteiger partial charge in [0.25, 0.3) is 0 Å². The SMILES string of the molecule is CCC1(CNC(=NC)NCCCSc2nccs2)CCC1. The predicted molar refractivity (Wildman–Crippen MR) is 93.4 cm³/mol. The summed E-state index contributed by atoms with van der Waals surface area (Å²) in [5, 5.41) is 8.92. The van der Waals surface area contributed by atoms with Gasteiger partial charge in [0, 0.05) is 37.5 Å². The zero-order chi connectivity index (χ0) is 15.0. The molecule has 1 aromatic rings. The standard InChI is InChI=1S/C15H26N4S2/c1-3-15(6-4-7-15)12-19-13(16-2)17-8-5-10-20-14-18-9-11-21-14/h9,11H,3-8,10,12H2,1-2H3,(H2,16,17,19). The number of hydrogen-bond donors (Lipinski definition) is 2. The van der Waals surface area contributed by atoms with Crippen molar-refractivity contribution in [3.05, 3.63) is 11.6 Å². The number of nitrogens with one attached hydrogen (secondary N) is 2. The molecule has 1 aromatic heterocycles. The molecule has 1 saturated carbocycles. The first-order valence-electron chi connectivity index (χ1n) is 7.75. The maximum absolute atomic E-state index is 4.31. The third-order valence-corrected chi connectivity index (χ3v) is 6.32. The van der Waals surface area contributed by atoms with Gasteiger partial charge in [0.2, 0.25) is 0 Å². The van der Waals surface area contributed by atoms with Crippen molar-refractivity contribution in [1.82, 2.24) is 15.6 Å². The number of thiazole rings is 1. The average Bonchev–Trinajstić information content (AvgIpc) is 2.97. The van der Waals surface area contributed by atoms with Crippen LogP contribution < -0.4 is 10.6 Å². The normalized spacial score (nSPS) is 17.3. The zero-order valence-corrected chi connectivity index (χ0v) is 14.7. The molecule has 1 aliphatic rings. The Hall–Kier alpha value is -0.750. The highest BCUT2D eigenvalue weighted by Crippen LogP contribution is 2.42. The second kappa shape index (κ2) is 8.63. The van der Waals surface area contributed by atoms with Crippen molar-refractivity contribution < 1.29 is 0 Å². The lowest BCUT2D eigenvalue weighted by atomic mass is 9.67. The van der Waals surface area contributed by atoms with Crippen LogP contribution in [-0.4, -0.2) is 36.8 Å². The molecule has 0 amide bonds. The van der Waals surface area contributed by atoms with E-state index in [0.29, 0.717) is 5.41 Å². The van der Waals surface area contributed by atoms with Crippen LogP contribution in [0.3, 0.4) is 0 Å². The maximum Gasteiger partial charge on any atom is 0.190 e. The van der Waals surface area contributed by atoms with Gasteiger partial charge in [0.05, 0.1) is 0 Å². The van der Waals surface area contributed by atoms with E-state index in [9.17, 15) is 0 Å². The van der Waals surface area contributed by atoms with Crippen LogP contribution in [0.1, 0.15) is 39.0 Å². The Labute approximate surface area is 136 Å². The molecule has 1 aliphatic carbocycles. The van der Waals surface area contributed by atoms with E-state index < -0.39 is 0 Å². The molecule has 0 saturated heterocycles. The van der Waals surface area contributed by atoms with Gasteiger partial charge in [-0.05, 0) is 31.1 Å². The van der Waals surface area contributed by atoms with E-state index in [1.807, 2.05) is 30.4 Å². The molecule has 0 spiro atoms. The fourth-order valence-corrected chi connectivity index (χ4v) is 4.19. The summed E-state index contributed by atoms with van der Waals surface area (Å²) in [6, 6.07) is 0. The number of rotatable bonds is 8. The van der Waals surface area contributed by atoms with Crippen molar-refractivity contribution in [3.8, 4) is 0 Å². The highest BCUT2D eigenvalue weighted by Gasteiger charge is 2.34. The molecule has 0 aliphatic heterocycles. The molecular weight excluding hydrogens is 300 g/mol. The summed E-state index contributed by atoms with van der Waals surface area (Å²) < 4.78 is 1.16. The van der Waals surface area contributed by atoms with Crippen LogP contribution in [0.25, 0.3) is 0 Å². The summed E-state index contributed by atoms with van der Waals surface area (Å²) in [4.78, 5) is 8.58. The lowest BCUT2D eigenvalue weighted by Gasteiger charge is -2.41. The smallest absolute Gasteiger partial charge is 0.190 e. The van der Waals surface area contributed by atoms with Crippen molar-refractivity contribution in [1.29, 1.82) is 0 Å². The molecule has 2 N–H and O–H groups in total. The van der Waals surface area contributed by atoms with Crippen LogP contribution in [0.15, 0.2) is 20.9 Å². The Balaban J connectivity index is 1.57. The fraction of sp³-hybridized carbons (Fsp3) is 0.733. The molecule has 0 unspecified atom stereocenters. The van der Waals surface area contributed by atoms with Crippen molar-refractivity contribution in [2.45, 2.75) is 43.4 Å². The van der Waals surface area contributed by atoms with Crippen LogP contribution >= 0.6 is 23.1 Å². The number of hydrogen-bond acceptors (Lipinski definition) is 4. The summed E-state index contributed by atoms with van der Waals surface area (Å²) in [5.41, 5.74) is 0.526. The summed E-state index contributed by atoms with van der Waals surface area (Å²) in [6.07, 6.45) is 8.35. The van der Waals surface area contributed by atoms with Crippen molar-refractivity contribution in [2.24, 2.45) is 10.4 Å². The predicted octanol–water partition coefficient (Wildman–Crippen LogP) is 3.37. The van der Waals surface area contributed by atoms with Gasteiger partial charge in [0.1, 0.15) is 4.34 Å². The van der Waals surface area contributed by atoms with Crippen LogP contribution in [-0.2, 0) is 0 Å². The van der Waals surface area contributed by atoms with Gasteiger partial charge in [0.15, 0.2) is 5.96 Å². The minimum absolute atomic E-state index is 0.526. The fourth-order valence-electron chi connectivity index (χ4n) is 2.54. The zero-order valence-electron chi connectivity index (χ0n) is 13.0. The molecule has 4 nitrogen and oxygen atoms in total. The van der Waals surface area contributed by atoms with Crippen LogP contribution in [0.4, 0.5) is 0 Å². The lowest BCUT2D eigenvalue weighted by molar-refractivity contribution is 0.131. The minimum atomic E-state index is 0.526. The summed E-state index contributed by atoms with van der Waals surface area (Å²) in [7, 11) is 1.85. The van der Waals surface area contributed by atoms with Gasteiger partial charge in [-0.15, -0.1) is 11.3 Å². The molecule has 0 bridgehead atoms. The number of thioether (sulfide) groups is 1. The average molecular weight is 327 g/mol. The largest absolute Gasteiger partial charge is 0.356 e. The van der Waals surface area contributed by atoms with Crippen LogP contribution in [0.2, 0.25) is 0 Å². The van der Waals surface area contributed by atoms with Gasteiger partial charge in [-0.1, -0.05) is 25.1 Å². The van der Waals surface area contributed by atoms with E-state index in [1.54, 1.807) is 11.3 Å². The Bertz CT molecular complexity index is 421. The van der Waals surface area contributed by atoms with Gasteiger partial charge in [-0.3, -0.25) is 4.99 Å². The molecule has 118 valence electrons. The monoisotopic (exact) mass is 326 g/mol. The van der Waals surface area contributed by atoms with Crippen molar-refractivity contribution in [2.75, 3.05) is 25.9 Å². The Morgan fingerprint density at radius 1 is 1.48 bits per heavy atom. The number of guanidine groups is 1. The minimum Gasteiger partial charge on any atom is -0.356 e. The summed E-state index contributed by atoms with van der Waals surface area (Å²) in [5.74, 6) is 2.03. The molecule has 21 heavy (non-hydrogen) atoms. The molecule has 0 aromatic carbocycles. The van der Waals surface area contributed by atoms with Crippen molar-refractivity contribution >= 4 is 29.1 Å². The van der Waals surface area contributed by atoms with E-state index in [2.05, 4.69) is 27.5 Å². The highest BCUT2D eigenvalue weighted by atomic mass is 32.2. The van der Waals surface area contributed by atoms with Gasteiger partial charge in [-0.2, -0.15) is 0 Å². The van der Waals surface area contributed by atoms with Crippen molar-refractivity contribution in [3.63, 3.8) is 0 Å². The van der Waals surface area contributed by atoms with Gasteiger partial charge < -0.3 is 10.6 Å². The molecule has 6 heteroatoms. The molecule has 2 rings (SSSR count). The Kier molecular flexibility index (Phi) is 6.83. The third kappa shape index (κ3) is 5.18. The first kappa shape index (κ1) is 16.6. The molecule has 1 heterocycles. The number of aromatic nitrogens is 1. The van der Waals surface area contributed by atoms with E-state index in [4.69, 9.17) is 0 Å².